The van der Waals surface area contributed by atoms with Gasteiger partial charge in [0.15, 0.2) is 0 Å². The first kappa shape index (κ1) is 12.2. The number of hydrogen-bond acceptors (Lipinski definition) is 3. The number of nitrogens with zero attached hydrogens (tertiary/aromatic N) is 3. The van der Waals surface area contributed by atoms with Crippen molar-refractivity contribution in [1.29, 1.82) is 0 Å². The number of rotatable bonds is 3. The Hall–Kier alpha value is -0.870. The summed E-state index contributed by atoms with van der Waals surface area (Å²) in [5.74, 6) is 0.944. The molecule has 3 rings (SSSR count). The van der Waals surface area contributed by atoms with Gasteiger partial charge >= 0.3 is 0 Å². The van der Waals surface area contributed by atoms with E-state index >= 15 is 0 Å². The second kappa shape index (κ2) is 5.02. The van der Waals surface area contributed by atoms with Crippen LogP contribution in [0.1, 0.15) is 43.7 Å². The van der Waals surface area contributed by atoms with E-state index in [1.54, 1.807) is 0 Å². The molecule has 1 aliphatic carbocycles. The Morgan fingerprint density at radius 3 is 3.00 bits per heavy atom. The van der Waals surface area contributed by atoms with Gasteiger partial charge in [0.1, 0.15) is 0 Å². The fraction of sp³-hybridized carbons (Fsp3) is 0.786. The quantitative estimate of drug-likeness (QED) is 0.885. The van der Waals surface area contributed by atoms with Crippen LogP contribution >= 0.6 is 0 Å². The molecule has 1 saturated carbocycles. The summed E-state index contributed by atoms with van der Waals surface area (Å²) in [7, 11) is 1.95. The van der Waals surface area contributed by atoms with Crippen LogP contribution in [0.25, 0.3) is 0 Å². The molecule has 1 saturated heterocycles. The lowest BCUT2D eigenvalue weighted by molar-refractivity contribution is 0.106. The number of nitrogens with two attached hydrogens (primary N) is 1. The van der Waals surface area contributed by atoms with Gasteiger partial charge in [-0.25, -0.2) is 0 Å². The zero-order chi connectivity index (χ0) is 12.5. The molecule has 1 aromatic heterocycles. The molecule has 2 N–H and O–H groups in total. The highest BCUT2D eigenvalue weighted by molar-refractivity contribution is 5.10. The maximum absolute atomic E-state index is 6.33. The summed E-state index contributed by atoms with van der Waals surface area (Å²) in [6.07, 6.45) is 11.0. The predicted molar refractivity (Wildman–Crippen MR) is 72.1 cm³/mol. The second-order valence-electron chi connectivity index (χ2n) is 5.95. The number of likely N-dealkylation sites (tertiary alicyclic amines) is 1. The zero-order valence-corrected chi connectivity index (χ0v) is 11.3. The van der Waals surface area contributed by atoms with Crippen LogP contribution in [0.5, 0.6) is 0 Å². The van der Waals surface area contributed by atoms with Gasteiger partial charge in [-0.15, -0.1) is 0 Å². The fourth-order valence-corrected chi connectivity index (χ4v) is 3.77. The lowest BCUT2D eigenvalue weighted by Crippen LogP contribution is -2.45. The van der Waals surface area contributed by atoms with Crippen LogP contribution in [0, 0.1) is 5.92 Å². The van der Waals surface area contributed by atoms with Crippen LogP contribution in [0.3, 0.4) is 0 Å². The van der Waals surface area contributed by atoms with Gasteiger partial charge in [-0.1, -0.05) is 6.42 Å². The van der Waals surface area contributed by atoms with Crippen molar-refractivity contribution in [3.8, 4) is 0 Å². The lowest BCUT2D eigenvalue weighted by Gasteiger charge is -2.39. The molecule has 2 fully saturated rings. The molecule has 0 spiro atoms. The third-order valence-electron chi connectivity index (χ3n) is 4.69. The van der Waals surface area contributed by atoms with E-state index in [2.05, 4.69) is 10.00 Å². The number of hydrogen-bond donors (Lipinski definition) is 1. The van der Waals surface area contributed by atoms with Gasteiger partial charge in [-0.3, -0.25) is 9.58 Å². The first-order valence-corrected chi connectivity index (χ1v) is 7.22. The van der Waals surface area contributed by atoms with Crippen LogP contribution in [0.4, 0.5) is 0 Å². The highest BCUT2D eigenvalue weighted by atomic mass is 15.2. The molecule has 1 aromatic rings. The van der Waals surface area contributed by atoms with E-state index in [4.69, 9.17) is 5.73 Å². The molecule has 4 nitrogen and oxygen atoms in total. The summed E-state index contributed by atoms with van der Waals surface area (Å²) < 4.78 is 1.84. The highest BCUT2D eigenvalue weighted by Gasteiger charge is 2.35. The van der Waals surface area contributed by atoms with E-state index in [9.17, 15) is 0 Å². The molecule has 0 radical (unpaired) electrons. The Bertz CT molecular complexity index is 400. The Labute approximate surface area is 109 Å². The Balaban J connectivity index is 1.64. The maximum Gasteiger partial charge on any atom is 0.0537 e. The average molecular weight is 248 g/mol. The highest BCUT2D eigenvalue weighted by Crippen LogP contribution is 2.37. The molecule has 2 aliphatic rings. The standard InChI is InChI=1S/C14H24N4/c1-17-9-12(8-16-17)13(15)10-18-7-3-5-11-4-2-6-14(11)18/h8-9,11,13-14H,2-7,10,15H2,1H3. The normalized spacial score (nSPS) is 30.3. The molecule has 3 atom stereocenters. The molecule has 1 aliphatic heterocycles. The largest absolute Gasteiger partial charge is 0.323 e. The number of fused-ring (bicyclic) bond motifs is 1. The van der Waals surface area contributed by atoms with Crippen molar-refractivity contribution in [3.63, 3.8) is 0 Å². The number of piperidine rings is 1. The van der Waals surface area contributed by atoms with Crippen molar-refractivity contribution in [2.45, 2.75) is 44.2 Å². The topological polar surface area (TPSA) is 47.1 Å². The van der Waals surface area contributed by atoms with Gasteiger partial charge in [-0.2, -0.15) is 5.10 Å². The predicted octanol–water partition coefficient (Wildman–Crippen LogP) is 1.68. The molecule has 0 bridgehead atoms. The van der Waals surface area contributed by atoms with Crippen LogP contribution in [-0.2, 0) is 7.05 Å². The monoisotopic (exact) mass is 248 g/mol. The maximum atomic E-state index is 6.33. The SMILES string of the molecule is Cn1cc(C(N)CN2CCCC3CCCC32)cn1. The van der Waals surface area contributed by atoms with Gasteiger partial charge in [0.05, 0.1) is 6.20 Å². The average Bonchev–Trinajstić information content (AvgIpc) is 2.97. The van der Waals surface area contributed by atoms with E-state index in [1.165, 1.54) is 38.6 Å². The van der Waals surface area contributed by atoms with Crippen molar-refractivity contribution < 1.29 is 0 Å². The Morgan fingerprint density at radius 2 is 2.22 bits per heavy atom. The van der Waals surface area contributed by atoms with Gasteiger partial charge < -0.3 is 5.73 Å². The van der Waals surface area contributed by atoms with E-state index in [1.807, 2.05) is 24.1 Å². The van der Waals surface area contributed by atoms with E-state index in [0.717, 1.165) is 24.1 Å². The zero-order valence-electron chi connectivity index (χ0n) is 11.3. The lowest BCUT2D eigenvalue weighted by atomic mass is 9.91. The van der Waals surface area contributed by atoms with Crippen LogP contribution in [-0.4, -0.2) is 33.8 Å². The van der Waals surface area contributed by atoms with E-state index in [0.29, 0.717) is 0 Å². The van der Waals surface area contributed by atoms with Gasteiger partial charge in [0.25, 0.3) is 0 Å². The van der Waals surface area contributed by atoms with Gasteiger partial charge in [0.2, 0.25) is 0 Å². The molecule has 4 heteroatoms. The first-order chi connectivity index (χ1) is 8.74. The minimum atomic E-state index is 0.109. The van der Waals surface area contributed by atoms with Gasteiger partial charge in [0, 0.05) is 37.4 Å². The molecule has 0 aromatic carbocycles. The molecule has 2 heterocycles. The minimum absolute atomic E-state index is 0.109. The van der Waals surface area contributed by atoms with Crippen LogP contribution < -0.4 is 5.73 Å². The summed E-state index contributed by atoms with van der Waals surface area (Å²) in [6, 6.07) is 0.916. The summed E-state index contributed by atoms with van der Waals surface area (Å²) in [5, 5.41) is 4.22. The van der Waals surface area contributed by atoms with Crippen LogP contribution in [0.2, 0.25) is 0 Å². The smallest absolute Gasteiger partial charge is 0.0537 e. The summed E-state index contributed by atoms with van der Waals surface area (Å²) >= 11 is 0. The van der Waals surface area contributed by atoms with Crippen molar-refractivity contribution >= 4 is 0 Å². The third kappa shape index (κ3) is 2.31. The number of aromatic nitrogens is 2. The second-order valence-corrected chi connectivity index (χ2v) is 5.95. The number of aryl methyl sites for hydroxylation is 1. The Morgan fingerprint density at radius 1 is 1.39 bits per heavy atom. The molecule has 3 unspecified atom stereocenters. The van der Waals surface area contributed by atoms with Crippen molar-refractivity contribution in [2.75, 3.05) is 13.1 Å². The molecular weight excluding hydrogens is 224 g/mol. The molecular formula is C14H24N4. The minimum Gasteiger partial charge on any atom is -0.323 e. The van der Waals surface area contributed by atoms with Gasteiger partial charge in [-0.05, 0) is 38.1 Å². The van der Waals surface area contributed by atoms with Crippen molar-refractivity contribution in [1.82, 2.24) is 14.7 Å². The summed E-state index contributed by atoms with van der Waals surface area (Å²) in [6.45, 7) is 2.22. The molecule has 100 valence electrons. The van der Waals surface area contributed by atoms with E-state index in [-0.39, 0.29) is 6.04 Å². The summed E-state index contributed by atoms with van der Waals surface area (Å²) in [4.78, 5) is 2.64. The van der Waals surface area contributed by atoms with Crippen molar-refractivity contribution in [3.05, 3.63) is 18.0 Å². The molecule has 18 heavy (non-hydrogen) atoms. The first-order valence-electron chi connectivity index (χ1n) is 7.22. The Kier molecular flexibility index (Phi) is 3.39. The fourth-order valence-electron chi connectivity index (χ4n) is 3.77. The van der Waals surface area contributed by atoms with Crippen LogP contribution in [0.15, 0.2) is 12.4 Å². The van der Waals surface area contributed by atoms with Crippen molar-refractivity contribution in [2.24, 2.45) is 18.7 Å². The summed E-state index contributed by atoms with van der Waals surface area (Å²) in [5.41, 5.74) is 7.49. The van der Waals surface area contributed by atoms with E-state index < -0.39 is 0 Å². The third-order valence-corrected chi connectivity index (χ3v) is 4.69. The molecule has 0 amide bonds.